The van der Waals surface area contributed by atoms with Gasteiger partial charge in [0.15, 0.2) is 0 Å². The van der Waals surface area contributed by atoms with Crippen molar-refractivity contribution in [2.45, 2.75) is 51.2 Å². The molecule has 1 unspecified atom stereocenters. The third kappa shape index (κ3) is 4.75. The minimum Gasteiger partial charge on any atom is -0.341 e. The lowest BCUT2D eigenvalue weighted by atomic mass is 10.0. The van der Waals surface area contributed by atoms with E-state index in [4.69, 9.17) is 0 Å². The van der Waals surface area contributed by atoms with E-state index in [1.54, 1.807) is 4.90 Å². The predicted molar refractivity (Wildman–Crippen MR) is 102 cm³/mol. The Balaban J connectivity index is 1.46. The van der Waals surface area contributed by atoms with Crippen LogP contribution in [-0.4, -0.2) is 60.0 Å². The Morgan fingerprint density at radius 3 is 2.46 bits per heavy atom. The lowest BCUT2D eigenvalue weighted by Crippen LogP contribution is -2.53. The van der Waals surface area contributed by atoms with Crippen LogP contribution in [0.25, 0.3) is 0 Å². The van der Waals surface area contributed by atoms with Gasteiger partial charge in [0.05, 0.1) is 6.04 Å². The van der Waals surface area contributed by atoms with Crippen LogP contribution in [-0.2, 0) is 4.79 Å². The molecule has 142 valence electrons. The van der Waals surface area contributed by atoms with Gasteiger partial charge in [-0.1, -0.05) is 44.2 Å². The molecule has 2 saturated heterocycles. The second-order valence-corrected chi connectivity index (χ2v) is 7.60. The third-order valence-corrected chi connectivity index (χ3v) is 5.22. The number of piperidine rings is 1. The number of nitrogens with one attached hydrogen (secondary N) is 2. The lowest BCUT2D eigenvalue weighted by molar-refractivity contribution is -0.133. The van der Waals surface area contributed by atoms with Crippen LogP contribution in [0.5, 0.6) is 0 Å². The molecule has 6 nitrogen and oxygen atoms in total. The van der Waals surface area contributed by atoms with Crippen LogP contribution >= 0.6 is 0 Å². The van der Waals surface area contributed by atoms with Crippen LogP contribution in [0.3, 0.4) is 0 Å². The molecule has 0 aromatic heterocycles. The van der Waals surface area contributed by atoms with Gasteiger partial charge in [-0.05, 0) is 24.8 Å². The van der Waals surface area contributed by atoms with E-state index in [0.29, 0.717) is 18.6 Å². The zero-order valence-corrected chi connectivity index (χ0v) is 15.8. The van der Waals surface area contributed by atoms with E-state index in [9.17, 15) is 9.59 Å². The Morgan fingerprint density at radius 2 is 1.85 bits per heavy atom. The molecule has 2 fully saturated rings. The van der Waals surface area contributed by atoms with E-state index in [1.165, 1.54) is 0 Å². The number of hydrogen-bond donors (Lipinski definition) is 2. The van der Waals surface area contributed by atoms with E-state index < -0.39 is 0 Å². The maximum Gasteiger partial charge on any atom is 0.318 e. The summed E-state index contributed by atoms with van der Waals surface area (Å²) in [6.45, 7) is 6.62. The molecule has 0 radical (unpaired) electrons. The van der Waals surface area contributed by atoms with Crippen molar-refractivity contribution < 1.29 is 9.59 Å². The zero-order valence-electron chi connectivity index (χ0n) is 15.8. The number of hydrogen-bond acceptors (Lipinski definition) is 3. The SMILES string of the molecule is CC(C)NC1CCN(C(=O)CN2CCC(c3ccccc3)NC2=O)CC1. The van der Waals surface area contributed by atoms with Crippen molar-refractivity contribution >= 4 is 11.9 Å². The highest BCUT2D eigenvalue weighted by molar-refractivity contribution is 5.84. The topological polar surface area (TPSA) is 64.7 Å². The number of likely N-dealkylation sites (tertiary alicyclic amines) is 1. The normalized spacial score (nSPS) is 21.8. The Bertz CT molecular complexity index is 611. The molecule has 1 aromatic carbocycles. The van der Waals surface area contributed by atoms with Gasteiger partial charge in [0.25, 0.3) is 0 Å². The van der Waals surface area contributed by atoms with E-state index in [1.807, 2.05) is 35.2 Å². The van der Waals surface area contributed by atoms with Gasteiger partial charge >= 0.3 is 6.03 Å². The van der Waals surface area contributed by atoms with Crippen molar-refractivity contribution in [3.8, 4) is 0 Å². The summed E-state index contributed by atoms with van der Waals surface area (Å²) in [5, 5.41) is 6.56. The quantitative estimate of drug-likeness (QED) is 0.847. The van der Waals surface area contributed by atoms with Gasteiger partial charge in [-0.15, -0.1) is 0 Å². The summed E-state index contributed by atoms with van der Waals surface area (Å²) in [4.78, 5) is 28.5. The highest BCUT2D eigenvalue weighted by Crippen LogP contribution is 2.21. The van der Waals surface area contributed by atoms with Crippen molar-refractivity contribution in [2.75, 3.05) is 26.2 Å². The van der Waals surface area contributed by atoms with Crippen LogP contribution in [0.4, 0.5) is 4.79 Å². The summed E-state index contributed by atoms with van der Waals surface area (Å²) in [6.07, 6.45) is 2.78. The summed E-state index contributed by atoms with van der Waals surface area (Å²) < 4.78 is 0. The van der Waals surface area contributed by atoms with Crippen LogP contribution < -0.4 is 10.6 Å². The number of carbonyl (C=O) groups is 2. The fraction of sp³-hybridized carbons (Fsp3) is 0.600. The first-order valence-corrected chi connectivity index (χ1v) is 9.67. The first-order chi connectivity index (χ1) is 12.5. The van der Waals surface area contributed by atoms with Gasteiger partial charge in [0.1, 0.15) is 6.54 Å². The van der Waals surface area contributed by atoms with Crippen LogP contribution in [0.1, 0.15) is 44.7 Å². The summed E-state index contributed by atoms with van der Waals surface area (Å²) in [5.41, 5.74) is 1.12. The molecule has 6 heteroatoms. The maximum absolute atomic E-state index is 12.6. The van der Waals surface area contributed by atoms with Gasteiger partial charge in [-0.2, -0.15) is 0 Å². The molecule has 2 aliphatic heterocycles. The molecule has 0 saturated carbocycles. The van der Waals surface area contributed by atoms with Crippen molar-refractivity contribution in [1.29, 1.82) is 0 Å². The van der Waals surface area contributed by atoms with E-state index in [-0.39, 0.29) is 24.5 Å². The first kappa shape index (κ1) is 18.7. The number of amides is 3. The summed E-state index contributed by atoms with van der Waals surface area (Å²) in [5.74, 6) is 0.0568. The molecular weight excluding hydrogens is 328 g/mol. The van der Waals surface area contributed by atoms with Crippen molar-refractivity contribution in [2.24, 2.45) is 0 Å². The van der Waals surface area contributed by atoms with Crippen molar-refractivity contribution in [1.82, 2.24) is 20.4 Å². The Hall–Kier alpha value is -2.08. The number of carbonyl (C=O) groups excluding carboxylic acids is 2. The molecule has 1 atom stereocenters. The Kier molecular flexibility index (Phi) is 6.14. The average Bonchev–Trinajstić information content (AvgIpc) is 2.64. The molecule has 1 aromatic rings. The number of nitrogens with zero attached hydrogens (tertiary/aromatic N) is 2. The smallest absolute Gasteiger partial charge is 0.318 e. The minimum atomic E-state index is -0.144. The fourth-order valence-corrected chi connectivity index (χ4v) is 3.82. The zero-order chi connectivity index (χ0) is 18.5. The molecule has 0 bridgehead atoms. The Morgan fingerprint density at radius 1 is 1.15 bits per heavy atom. The second kappa shape index (κ2) is 8.54. The number of benzene rings is 1. The third-order valence-electron chi connectivity index (χ3n) is 5.22. The van der Waals surface area contributed by atoms with Gasteiger partial charge < -0.3 is 20.4 Å². The summed E-state index contributed by atoms with van der Waals surface area (Å²) in [7, 11) is 0. The van der Waals surface area contributed by atoms with E-state index in [0.717, 1.165) is 37.9 Å². The van der Waals surface area contributed by atoms with Crippen molar-refractivity contribution in [3.05, 3.63) is 35.9 Å². The van der Waals surface area contributed by atoms with Gasteiger partial charge in [0, 0.05) is 31.7 Å². The highest BCUT2D eigenvalue weighted by Gasteiger charge is 2.29. The van der Waals surface area contributed by atoms with Gasteiger partial charge in [0.2, 0.25) is 5.91 Å². The van der Waals surface area contributed by atoms with Crippen LogP contribution in [0, 0.1) is 0 Å². The molecule has 2 aliphatic rings. The first-order valence-electron chi connectivity index (χ1n) is 9.67. The molecule has 0 aliphatic carbocycles. The molecule has 26 heavy (non-hydrogen) atoms. The molecule has 0 spiro atoms. The van der Waals surface area contributed by atoms with Crippen LogP contribution in [0.2, 0.25) is 0 Å². The van der Waals surface area contributed by atoms with E-state index in [2.05, 4.69) is 24.5 Å². The molecule has 2 N–H and O–H groups in total. The lowest BCUT2D eigenvalue weighted by Gasteiger charge is -2.36. The maximum atomic E-state index is 12.6. The number of rotatable bonds is 5. The molecule has 2 heterocycles. The standard InChI is InChI=1S/C20H30N4O2/c1-15(2)21-17-8-11-23(12-9-17)19(25)14-24-13-10-18(22-20(24)26)16-6-4-3-5-7-16/h3-7,15,17-18,21H,8-14H2,1-2H3,(H,22,26). The summed E-state index contributed by atoms with van der Waals surface area (Å²) in [6, 6.07) is 10.8. The fourth-order valence-electron chi connectivity index (χ4n) is 3.82. The molecule has 3 rings (SSSR count). The largest absolute Gasteiger partial charge is 0.341 e. The Labute approximate surface area is 155 Å². The minimum absolute atomic E-state index is 0.0351. The predicted octanol–water partition coefficient (Wildman–Crippen LogP) is 2.13. The van der Waals surface area contributed by atoms with Gasteiger partial charge in [-0.3, -0.25) is 4.79 Å². The van der Waals surface area contributed by atoms with E-state index >= 15 is 0 Å². The monoisotopic (exact) mass is 358 g/mol. The molecule has 3 amide bonds. The number of urea groups is 1. The summed E-state index contributed by atoms with van der Waals surface area (Å²) >= 11 is 0. The second-order valence-electron chi connectivity index (χ2n) is 7.60. The van der Waals surface area contributed by atoms with Gasteiger partial charge in [-0.25, -0.2) is 4.79 Å². The molecular formula is C20H30N4O2. The highest BCUT2D eigenvalue weighted by atomic mass is 16.2. The average molecular weight is 358 g/mol. The van der Waals surface area contributed by atoms with Crippen molar-refractivity contribution in [3.63, 3.8) is 0 Å². The van der Waals surface area contributed by atoms with Crippen LogP contribution in [0.15, 0.2) is 30.3 Å².